The molecule has 0 aromatic rings. The Hall–Kier alpha value is -0.440. The number of hydrogen-bond acceptors (Lipinski definition) is 6. The SMILES string of the molecule is CC1(C)CC(S)CC(C)(C)N1CCC(CCCC(=O)O)(CCN1C(C)(C)CC(S)CC1(C)C)C(=O)O. The largest absolute Gasteiger partial charge is 0.481 e. The summed E-state index contributed by atoms with van der Waals surface area (Å²) in [6, 6.07) is 0. The second-order valence-electron chi connectivity index (χ2n) is 14.0. The van der Waals surface area contributed by atoms with Gasteiger partial charge in [-0.3, -0.25) is 19.4 Å². The van der Waals surface area contributed by atoms with Gasteiger partial charge in [-0.2, -0.15) is 25.3 Å². The molecule has 0 bridgehead atoms. The Morgan fingerprint density at radius 3 is 1.33 bits per heavy atom. The predicted molar refractivity (Wildman–Crippen MR) is 155 cm³/mol. The Balaban J connectivity index is 2.32. The van der Waals surface area contributed by atoms with Crippen LogP contribution in [0.3, 0.4) is 0 Å². The molecule has 0 atom stereocenters. The molecular weight excluding hydrogens is 492 g/mol. The molecule has 0 amide bonds. The highest BCUT2D eigenvalue weighted by Crippen LogP contribution is 2.45. The number of carboxylic acid groups (broad SMARTS) is 2. The van der Waals surface area contributed by atoms with E-state index >= 15 is 0 Å². The quantitative estimate of drug-likeness (QED) is 0.239. The highest BCUT2D eigenvalue weighted by molar-refractivity contribution is 7.81. The number of likely N-dealkylation sites (tertiary alicyclic amines) is 2. The zero-order valence-electron chi connectivity index (χ0n) is 23.9. The van der Waals surface area contributed by atoms with Crippen molar-refractivity contribution in [1.82, 2.24) is 9.80 Å². The molecule has 0 aromatic heterocycles. The topological polar surface area (TPSA) is 81.1 Å². The van der Waals surface area contributed by atoms with Crippen LogP contribution in [0.1, 0.15) is 113 Å². The van der Waals surface area contributed by atoms with Gasteiger partial charge in [0.05, 0.1) is 5.41 Å². The van der Waals surface area contributed by atoms with Crippen LogP contribution in [0.4, 0.5) is 0 Å². The van der Waals surface area contributed by atoms with Crippen molar-refractivity contribution in [2.75, 3.05) is 13.1 Å². The van der Waals surface area contributed by atoms with Crippen LogP contribution in [0.2, 0.25) is 0 Å². The number of piperidine rings is 2. The normalized spacial score (nSPS) is 25.1. The molecule has 2 rings (SSSR count). The number of thiol groups is 2. The summed E-state index contributed by atoms with van der Waals surface area (Å²) in [5.74, 6) is -1.67. The van der Waals surface area contributed by atoms with Crippen LogP contribution in [0.5, 0.6) is 0 Å². The lowest BCUT2D eigenvalue weighted by Crippen LogP contribution is -2.62. The third kappa shape index (κ3) is 7.57. The number of carboxylic acids is 2. The van der Waals surface area contributed by atoms with Crippen LogP contribution in [0.15, 0.2) is 0 Å². The average molecular weight is 545 g/mol. The summed E-state index contributed by atoms with van der Waals surface area (Å²) < 4.78 is 0. The molecule has 210 valence electrons. The Kier molecular flexibility index (Phi) is 10.0. The van der Waals surface area contributed by atoms with Crippen molar-refractivity contribution < 1.29 is 19.8 Å². The molecule has 0 unspecified atom stereocenters. The highest BCUT2D eigenvalue weighted by atomic mass is 32.1. The molecule has 2 aliphatic rings. The smallest absolute Gasteiger partial charge is 0.309 e. The molecule has 0 spiro atoms. The van der Waals surface area contributed by atoms with E-state index in [-0.39, 0.29) is 28.6 Å². The van der Waals surface area contributed by atoms with Crippen molar-refractivity contribution in [3.05, 3.63) is 0 Å². The Bertz CT molecular complexity index is 714. The van der Waals surface area contributed by atoms with E-state index in [1.807, 2.05) is 0 Å². The summed E-state index contributed by atoms with van der Waals surface area (Å²) in [4.78, 5) is 29.2. The van der Waals surface area contributed by atoms with Crippen molar-refractivity contribution >= 4 is 37.2 Å². The van der Waals surface area contributed by atoms with E-state index in [1.165, 1.54) is 0 Å². The van der Waals surface area contributed by atoms with Crippen LogP contribution in [-0.4, -0.2) is 77.7 Å². The predicted octanol–water partition coefficient (Wildman–Crippen LogP) is 6.00. The van der Waals surface area contributed by atoms with Gasteiger partial charge < -0.3 is 10.2 Å². The van der Waals surface area contributed by atoms with Crippen LogP contribution in [-0.2, 0) is 9.59 Å². The van der Waals surface area contributed by atoms with Gasteiger partial charge in [0, 0.05) is 52.2 Å². The van der Waals surface area contributed by atoms with Gasteiger partial charge in [-0.1, -0.05) is 0 Å². The van der Waals surface area contributed by atoms with Gasteiger partial charge in [-0.25, -0.2) is 0 Å². The first-order valence-corrected chi connectivity index (χ1v) is 14.6. The third-order valence-electron chi connectivity index (χ3n) is 8.99. The molecule has 2 fully saturated rings. The fraction of sp³-hybridized carbons (Fsp3) is 0.929. The highest BCUT2D eigenvalue weighted by Gasteiger charge is 2.49. The molecular formula is C28H52N2O4S2. The Morgan fingerprint density at radius 1 is 0.722 bits per heavy atom. The van der Waals surface area contributed by atoms with Gasteiger partial charge in [-0.15, -0.1) is 0 Å². The van der Waals surface area contributed by atoms with E-state index in [4.69, 9.17) is 25.3 Å². The molecule has 36 heavy (non-hydrogen) atoms. The standard InChI is InChI=1S/C28H52N2O4S2/c1-24(2)16-20(35)17-25(3,4)29(24)14-12-28(23(33)34,11-9-10-22(31)32)13-15-30-26(5,6)18-21(36)19-27(30,7)8/h20-21,35-36H,9-19H2,1-8H3,(H,31,32)(H,33,34). The lowest BCUT2D eigenvalue weighted by molar-refractivity contribution is -0.153. The molecule has 2 saturated heterocycles. The van der Waals surface area contributed by atoms with Crippen molar-refractivity contribution in [3.8, 4) is 0 Å². The summed E-state index contributed by atoms with van der Waals surface area (Å²) in [5.41, 5.74) is -1.31. The van der Waals surface area contributed by atoms with Gasteiger partial charge in [0.1, 0.15) is 0 Å². The van der Waals surface area contributed by atoms with E-state index in [9.17, 15) is 19.8 Å². The van der Waals surface area contributed by atoms with Crippen LogP contribution < -0.4 is 0 Å². The first-order chi connectivity index (χ1) is 16.2. The van der Waals surface area contributed by atoms with Crippen LogP contribution >= 0.6 is 25.3 Å². The van der Waals surface area contributed by atoms with E-state index in [0.717, 1.165) is 25.7 Å². The van der Waals surface area contributed by atoms with Crippen molar-refractivity contribution in [3.63, 3.8) is 0 Å². The van der Waals surface area contributed by atoms with Gasteiger partial charge >= 0.3 is 11.9 Å². The molecule has 8 heteroatoms. The Labute approximate surface area is 230 Å². The first-order valence-electron chi connectivity index (χ1n) is 13.6. The molecule has 2 aliphatic heterocycles. The lowest BCUT2D eigenvalue weighted by atomic mass is 9.73. The summed E-state index contributed by atoms with van der Waals surface area (Å²) >= 11 is 9.59. The number of rotatable bonds is 11. The van der Waals surface area contributed by atoms with E-state index in [2.05, 4.69) is 65.2 Å². The number of hydrogen-bond donors (Lipinski definition) is 4. The van der Waals surface area contributed by atoms with E-state index < -0.39 is 17.4 Å². The number of aliphatic carboxylic acids is 2. The average Bonchev–Trinajstić information content (AvgIpc) is 2.62. The minimum atomic E-state index is -0.969. The number of carbonyl (C=O) groups is 2. The second-order valence-corrected chi connectivity index (χ2v) is 15.5. The minimum Gasteiger partial charge on any atom is -0.481 e. The fourth-order valence-corrected chi connectivity index (χ4v) is 9.45. The minimum absolute atomic E-state index is 0.000896. The van der Waals surface area contributed by atoms with Crippen LogP contribution in [0.25, 0.3) is 0 Å². The van der Waals surface area contributed by atoms with Crippen molar-refractivity contribution in [1.29, 1.82) is 0 Å². The summed E-state index contributed by atoms with van der Waals surface area (Å²) in [6.07, 6.45) is 5.60. The number of nitrogens with zero attached hydrogens (tertiary/aromatic N) is 2. The second kappa shape index (κ2) is 11.4. The van der Waals surface area contributed by atoms with Gasteiger partial charge in [0.15, 0.2) is 0 Å². The lowest BCUT2D eigenvalue weighted by Gasteiger charge is -2.56. The molecule has 0 radical (unpaired) electrons. The van der Waals surface area contributed by atoms with Crippen LogP contribution in [0, 0.1) is 5.41 Å². The maximum Gasteiger partial charge on any atom is 0.309 e. The summed E-state index contributed by atoms with van der Waals surface area (Å²) in [5, 5.41) is 20.6. The van der Waals surface area contributed by atoms with Crippen molar-refractivity contribution in [2.45, 2.75) is 146 Å². The molecule has 2 heterocycles. The maximum atomic E-state index is 13.0. The van der Waals surface area contributed by atoms with Gasteiger partial charge in [0.2, 0.25) is 0 Å². The Morgan fingerprint density at radius 2 is 1.06 bits per heavy atom. The zero-order chi connectivity index (χ0) is 27.7. The molecule has 2 N–H and O–H groups in total. The zero-order valence-corrected chi connectivity index (χ0v) is 25.7. The third-order valence-corrected chi connectivity index (χ3v) is 9.72. The van der Waals surface area contributed by atoms with E-state index in [0.29, 0.717) is 49.3 Å². The molecule has 0 aromatic carbocycles. The summed E-state index contributed by atoms with van der Waals surface area (Å²) in [7, 11) is 0. The molecule has 6 nitrogen and oxygen atoms in total. The maximum absolute atomic E-state index is 13.0. The monoisotopic (exact) mass is 544 g/mol. The fourth-order valence-electron chi connectivity index (χ4n) is 7.67. The van der Waals surface area contributed by atoms with Gasteiger partial charge in [0.25, 0.3) is 0 Å². The van der Waals surface area contributed by atoms with Crippen molar-refractivity contribution in [2.24, 2.45) is 5.41 Å². The van der Waals surface area contributed by atoms with Gasteiger partial charge in [-0.05, 0) is 107 Å². The first kappa shape index (κ1) is 31.8. The molecule has 0 aliphatic carbocycles. The summed E-state index contributed by atoms with van der Waals surface area (Å²) in [6.45, 7) is 19.2. The molecule has 0 saturated carbocycles. The van der Waals surface area contributed by atoms with E-state index in [1.54, 1.807) is 0 Å².